The molecule has 0 radical (unpaired) electrons. The molecule has 4 nitrogen and oxygen atoms in total. The lowest BCUT2D eigenvalue weighted by Crippen LogP contribution is -2.30. The van der Waals surface area contributed by atoms with Gasteiger partial charge < -0.3 is 15.8 Å². The topological polar surface area (TPSA) is 64.3 Å². The highest BCUT2D eigenvalue weighted by Crippen LogP contribution is 2.21. The maximum atomic E-state index is 13.2. The van der Waals surface area contributed by atoms with Crippen molar-refractivity contribution in [3.05, 3.63) is 29.6 Å². The van der Waals surface area contributed by atoms with Crippen LogP contribution in [0.4, 0.5) is 4.39 Å². The molecule has 20 heavy (non-hydrogen) atoms. The van der Waals surface area contributed by atoms with E-state index in [4.69, 9.17) is 10.5 Å². The fourth-order valence-corrected chi connectivity index (χ4v) is 1.79. The van der Waals surface area contributed by atoms with Gasteiger partial charge in [0.05, 0.1) is 0 Å². The number of nitrogens with two attached hydrogens (primary N) is 1. The van der Waals surface area contributed by atoms with E-state index in [9.17, 15) is 9.18 Å². The van der Waals surface area contributed by atoms with Gasteiger partial charge in [0.1, 0.15) is 11.6 Å². The van der Waals surface area contributed by atoms with Crippen molar-refractivity contribution in [3.63, 3.8) is 0 Å². The highest BCUT2D eigenvalue weighted by Gasteiger charge is 2.09. The van der Waals surface area contributed by atoms with Crippen LogP contribution < -0.4 is 15.8 Å². The second-order valence-corrected chi connectivity index (χ2v) is 4.93. The van der Waals surface area contributed by atoms with Gasteiger partial charge in [-0.05, 0) is 43.5 Å². The van der Waals surface area contributed by atoms with Crippen LogP contribution >= 0.6 is 0 Å². The summed E-state index contributed by atoms with van der Waals surface area (Å²) in [5.74, 6) is 0.00395. The molecule has 0 aliphatic rings. The Hall–Kier alpha value is -1.62. The van der Waals surface area contributed by atoms with Gasteiger partial charge in [-0.1, -0.05) is 13.3 Å². The van der Waals surface area contributed by atoms with E-state index in [1.165, 1.54) is 18.2 Å². The highest BCUT2D eigenvalue weighted by molar-refractivity contribution is 5.77. The van der Waals surface area contributed by atoms with E-state index in [0.717, 1.165) is 12.8 Å². The molecule has 0 fully saturated rings. The number of halogens is 1. The summed E-state index contributed by atoms with van der Waals surface area (Å²) in [6.45, 7) is 4.48. The number of nitrogens with one attached hydrogen (secondary N) is 1. The van der Waals surface area contributed by atoms with Crippen LogP contribution in [-0.4, -0.2) is 25.1 Å². The number of amides is 1. The van der Waals surface area contributed by atoms with Gasteiger partial charge in [0.2, 0.25) is 0 Å². The Bertz CT molecular complexity index is 436. The third kappa shape index (κ3) is 6.02. The van der Waals surface area contributed by atoms with E-state index in [2.05, 4.69) is 12.2 Å². The minimum Gasteiger partial charge on any atom is -0.483 e. The van der Waals surface area contributed by atoms with E-state index < -0.39 is 0 Å². The zero-order valence-electron chi connectivity index (χ0n) is 12.1. The fourth-order valence-electron chi connectivity index (χ4n) is 1.79. The molecule has 1 aromatic rings. The van der Waals surface area contributed by atoms with Crippen LogP contribution in [-0.2, 0) is 11.2 Å². The minimum absolute atomic E-state index is 0.0682. The van der Waals surface area contributed by atoms with Crippen molar-refractivity contribution in [2.24, 2.45) is 5.73 Å². The van der Waals surface area contributed by atoms with Crippen molar-refractivity contribution in [2.75, 3.05) is 13.2 Å². The summed E-state index contributed by atoms with van der Waals surface area (Å²) in [5, 5.41) is 2.76. The number of benzene rings is 1. The first-order chi connectivity index (χ1) is 9.52. The summed E-state index contributed by atoms with van der Waals surface area (Å²) in [7, 11) is 0. The van der Waals surface area contributed by atoms with Gasteiger partial charge in [0.15, 0.2) is 6.61 Å². The first-order valence-electron chi connectivity index (χ1n) is 6.96. The van der Waals surface area contributed by atoms with E-state index >= 15 is 0 Å². The van der Waals surface area contributed by atoms with Crippen LogP contribution in [0.5, 0.6) is 5.75 Å². The summed E-state index contributed by atoms with van der Waals surface area (Å²) < 4.78 is 18.7. The molecule has 1 atom stereocenters. The molecule has 112 valence electrons. The normalized spacial score (nSPS) is 12.0. The third-order valence-electron chi connectivity index (χ3n) is 2.78. The summed E-state index contributed by atoms with van der Waals surface area (Å²) in [6.07, 6.45) is 2.47. The number of rotatable bonds is 8. The smallest absolute Gasteiger partial charge is 0.257 e. The summed E-state index contributed by atoms with van der Waals surface area (Å²) in [4.78, 5) is 11.6. The van der Waals surface area contributed by atoms with Crippen molar-refractivity contribution < 1.29 is 13.9 Å². The first kappa shape index (κ1) is 16.4. The van der Waals surface area contributed by atoms with E-state index in [1.54, 1.807) is 0 Å². The Kier molecular flexibility index (Phi) is 7.01. The van der Waals surface area contributed by atoms with Crippen molar-refractivity contribution in [3.8, 4) is 5.75 Å². The Morgan fingerprint density at radius 1 is 1.50 bits per heavy atom. The molecule has 0 aliphatic carbocycles. The maximum Gasteiger partial charge on any atom is 0.257 e. The zero-order chi connectivity index (χ0) is 15.0. The predicted molar refractivity (Wildman–Crippen MR) is 77.2 cm³/mol. The zero-order valence-corrected chi connectivity index (χ0v) is 12.1. The second kappa shape index (κ2) is 8.53. The Morgan fingerprint density at radius 3 is 2.90 bits per heavy atom. The predicted octanol–water partition coefficient (Wildman–Crippen LogP) is 2.01. The van der Waals surface area contributed by atoms with Crippen molar-refractivity contribution in [1.82, 2.24) is 5.32 Å². The van der Waals surface area contributed by atoms with Crippen LogP contribution in [0.1, 0.15) is 32.3 Å². The van der Waals surface area contributed by atoms with Gasteiger partial charge in [0.25, 0.3) is 5.91 Å². The minimum atomic E-state index is -0.333. The molecule has 0 spiro atoms. The van der Waals surface area contributed by atoms with Gasteiger partial charge in [-0.25, -0.2) is 4.39 Å². The molecule has 0 saturated heterocycles. The fraction of sp³-hybridized carbons (Fsp3) is 0.533. The van der Waals surface area contributed by atoms with Crippen LogP contribution in [0.25, 0.3) is 0 Å². The average Bonchev–Trinajstić information content (AvgIpc) is 2.37. The van der Waals surface area contributed by atoms with Gasteiger partial charge in [0, 0.05) is 12.6 Å². The molecule has 0 aromatic heterocycles. The van der Waals surface area contributed by atoms with E-state index in [1.807, 2.05) is 6.92 Å². The summed E-state index contributed by atoms with van der Waals surface area (Å²) in [6, 6.07) is 4.15. The quantitative estimate of drug-likeness (QED) is 0.717. The van der Waals surface area contributed by atoms with Gasteiger partial charge >= 0.3 is 0 Å². The molecular formula is C15H23FN2O2. The van der Waals surface area contributed by atoms with Crippen LogP contribution in [0.3, 0.4) is 0 Å². The van der Waals surface area contributed by atoms with Crippen molar-refractivity contribution in [1.29, 1.82) is 0 Å². The molecule has 1 aromatic carbocycles. The molecule has 0 saturated carbocycles. The Morgan fingerprint density at radius 2 is 2.25 bits per heavy atom. The van der Waals surface area contributed by atoms with Crippen molar-refractivity contribution >= 4 is 5.91 Å². The highest BCUT2D eigenvalue weighted by atomic mass is 19.1. The number of carbonyl (C=O) groups excluding carboxylic acids is 1. The number of unbranched alkanes of at least 4 members (excludes halogenated alkanes) is 1. The monoisotopic (exact) mass is 282 g/mol. The number of ether oxygens (including phenoxy) is 1. The summed E-state index contributed by atoms with van der Waals surface area (Å²) >= 11 is 0. The second-order valence-electron chi connectivity index (χ2n) is 4.93. The van der Waals surface area contributed by atoms with Gasteiger partial charge in [-0.3, -0.25) is 4.79 Å². The van der Waals surface area contributed by atoms with Gasteiger partial charge in [-0.15, -0.1) is 0 Å². The third-order valence-corrected chi connectivity index (χ3v) is 2.78. The molecule has 1 rings (SSSR count). The molecule has 0 aliphatic heterocycles. The molecule has 1 amide bonds. The Balaban J connectivity index is 2.56. The van der Waals surface area contributed by atoms with Gasteiger partial charge in [-0.2, -0.15) is 0 Å². The van der Waals surface area contributed by atoms with Crippen LogP contribution in [0.2, 0.25) is 0 Å². The lowest BCUT2D eigenvalue weighted by molar-refractivity contribution is -0.123. The molecule has 5 heteroatoms. The SMILES string of the molecule is CCCCNC(=O)COc1ccc(F)cc1CC(C)N. The number of hydrogen-bond donors (Lipinski definition) is 2. The molecule has 3 N–H and O–H groups in total. The Labute approximate surface area is 119 Å². The number of hydrogen-bond acceptors (Lipinski definition) is 3. The molecular weight excluding hydrogens is 259 g/mol. The van der Waals surface area contributed by atoms with Crippen molar-refractivity contribution in [2.45, 2.75) is 39.2 Å². The van der Waals surface area contributed by atoms with E-state index in [0.29, 0.717) is 24.3 Å². The maximum absolute atomic E-state index is 13.2. The molecule has 1 unspecified atom stereocenters. The lowest BCUT2D eigenvalue weighted by atomic mass is 10.1. The van der Waals surface area contributed by atoms with E-state index in [-0.39, 0.29) is 24.4 Å². The average molecular weight is 282 g/mol. The number of carbonyl (C=O) groups is 1. The lowest BCUT2D eigenvalue weighted by Gasteiger charge is -2.13. The van der Waals surface area contributed by atoms with Crippen LogP contribution in [0.15, 0.2) is 18.2 Å². The largest absolute Gasteiger partial charge is 0.483 e. The van der Waals surface area contributed by atoms with Crippen LogP contribution in [0, 0.1) is 5.82 Å². The summed E-state index contributed by atoms with van der Waals surface area (Å²) in [5.41, 5.74) is 6.40. The standard InChI is InChI=1S/C15H23FN2O2/c1-3-4-7-18-15(19)10-20-14-6-5-13(16)9-12(14)8-11(2)17/h5-6,9,11H,3-4,7-8,10,17H2,1-2H3,(H,18,19). The first-order valence-corrected chi connectivity index (χ1v) is 6.96. The molecule has 0 bridgehead atoms. The molecule has 0 heterocycles.